The zero-order valence-corrected chi connectivity index (χ0v) is 10.8. The van der Waals surface area contributed by atoms with Crippen LogP contribution in [0.5, 0.6) is 0 Å². The van der Waals surface area contributed by atoms with Crippen LogP contribution in [0.4, 0.5) is 23.4 Å². The highest BCUT2D eigenvalue weighted by Crippen LogP contribution is 2.31. The Balaban J connectivity index is 2.22. The van der Waals surface area contributed by atoms with Crippen LogP contribution in [-0.2, 0) is 6.18 Å². The van der Waals surface area contributed by atoms with Crippen LogP contribution >= 0.6 is 11.6 Å². The molecule has 110 valence electrons. The van der Waals surface area contributed by atoms with Gasteiger partial charge in [-0.1, -0.05) is 11.6 Å². The summed E-state index contributed by atoms with van der Waals surface area (Å²) in [4.78, 5) is 18.8. The second kappa shape index (κ2) is 5.65. The van der Waals surface area contributed by atoms with Crippen LogP contribution in [0.25, 0.3) is 0 Å². The van der Waals surface area contributed by atoms with E-state index in [-0.39, 0.29) is 5.82 Å². The molecule has 0 bridgehead atoms. The van der Waals surface area contributed by atoms with Crippen molar-refractivity contribution in [1.29, 1.82) is 0 Å². The molecule has 0 saturated heterocycles. The normalized spacial score (nSPS) is 11.3. The number of carbonyl (C=O) groups is 1. The van der Waals surface area contributed by atoms with Gasteiger partial charge in [-0.2, -0.15) is 13.2 Å². The first kappa shape index (κ1) is 15.2. The van der Waals surface area contributed by atoms with E-state index >= 15 is 0 Å². The summed E-state index contributed by atoms with van der Waals surface area (Å²) in [6, 6.07) is 2.84. The molecule has 2 heterocycles. The number of alkyl halides is 3. The quantitative estimate of drug-likeness (QED) is 0.861. The van der Waals surface area contributed by atoms with E-state index in [1.165, 1.54) is 6.07 Å². The summed E-state index contributed by atoms with van der Waals surface area (Å²) in [5.74, 6) is -1.44. The minimum atomic E-state index is -4.61. The average molecular weight is 320 g/mol. The molecular weight excluding hydrogens is 314 g/mol. The number of nitrogens with zero attached hydrogens (tertiary/aromatic N) is 2. The zero-order valence-electron chi connectivity index (χ0n) is 10.1. The fourth-order valence-corrected chi connectivity index (χ4v) is 1.64. The third-order valence-electron chi connectivity index (χ3n) is 2.35. The van der Waals surface area contributed by atoms with Gasteiger partial charge in [-0.15, -0.1) is 0 Å². The van der Waals surface area contributed by atoms with Gasteiger partial charge in [0.1, 0.15) is 17.3 Å². The van der Waals surface area contributed by atoms with Crippen molar-refractivity contribution in [2.75, 3.05) is 5.32 Å². The Labute approximate surface area is 120 Å². The molecule has 2 aromatic rings. The van der Waals surface area contributed by atoms with Crippen LogP contribution in [0.3, 0.4) is 0 Å². The largest absolute Gasteiger partial charge is 0.417 e. The molecular formula is C12H6ClF4N3O. The molecule has 1 N–H and O–H groups in total. The second-order valence-corrected chi connectivity index (χ2v) is 4.28. The molecule has 0 aliphatic rings. The Hall–Kier alpha value is -2.22. The highest BCUT2D eigenvalue weighted by atomic mass is 35.5. The summed E-state index contributed by atoms with van der Waals surface area (Å²) in [6.07, 6.45) is -3.24. The molecule has 1 amide bonds. The number of halogens is 5. The number of anilines is 1. The summed E-state index contributed by atoms with van der Waals surface area (Å²) in [6.45, 7) is 0. The Kier molecular flexibility index (Phi) is 4.08. The lowest BCUT2D eigenvalue weighted by Gasteiger charge is -2.09. The van der Waals surface area contributed by atoms with Gasteiger partial charge in [0.15, 0.2) is 0 Å². The lowest BCUT2D eigenvalue weighted by molar-refractivity contribution is -0.137. The first-order valence-corrected chi connectivity index (χ1v) is 5.81. The third-order valence-corrected chi connectivity index (χ3v) is 2.64. The van der Waals surface area contributed by atoms with Gasteiger partial charge in [-0.3, -0.25) is 4.79 Å². The number of carbonyl (C=O) groups excluding carboxylic acids is 1. The van der Waals surface area contributed by atoms with Crippen molar-refractivity contribution in [3.8, 4) is 0 Å². The monoisotopic (exact) mass is 319 g/mol. The van der Waals surface area contributed by atoms with Crippen LogP contribution in [0, 0.1) is 5.82 Å². The van der Waals surface area contributed by atoms with Crippen molar-refractivity contribution in [1.82, 2.24) is 9.97 Å². The van der Waals surface area contributed by atoms with Crippen molar-refractivity contribution >= 4 is 23.3 Å². The number of nitrogens with one attached hydrogen (secondary N) is 1. The van der Waals surface area contributed by atoms with E-state index in [1.54, 1.807) is 0 Å². The second-order valence-electron chi connectivity index (χ2n) is 3.87. The molecule has 0 unspecified atom stereocenters. The summed E-state index contributed by atoms with van der Waals surface area (Å²) in [5.41, 5.74) is -1.46. The zero-order chi connectivity index (χ0) is 15.6. The Morgan fingerprint density at radius 3 is 2.43 bits per heavy atom. The molecule has 0 atom stereocenters. The third kappa shape index (κ3) is 3.66. The minimum absolute atomic E-state index is 0.0131. The first-order chi connectivity index (χ1) is 9.77. The van der Waals surface area contributed by atoms with Crippen molar-refractivity contribution < 1.29 is 22.4 Å². The first-order valence-electron chi connectivity index (χ1n) is 5.43. The fraction of sp³-hybridized carbons (Fsp3) is 0.0833. The fourth-order valence-electron chi connectivity index (χ4n) is 1.39. The van der Waals surface area contributed by atoms with Crippen molar-refractivity contribution in [3.63, 3.8) is 0 Å². The molecule has 0 saturated carbocycles. The summed E-state index contributed by atoms with van der Waals surface area (Å²) < 4.78 is 50.0. The van der Waals surface area contributed by atoms with Crippen LogP contribution in [-0.4, -0.2) is 15.9 Å². The SMILES string of the molecule is O=C(Nc1ccc(F)cn1)c1ncc(C(F)(F)F)cc1Cl. The molecule has 2 rings (SSSR count). The molecule has 0 fully saturated rings. The topological polar surface area (TPSA) is 54.9 Å². The van der Waals surface area contributed by atoms with Crippen LogP contribution in [0.15, 0.2) is 30.6 Å². The minimum Gasteiger partial charge on any atom is -0.305 e. The van der Waals surface area contributed by atoms with Gasteiger partial charge in [0.05, 0.1) is 16.8 Å². The maximum Gasteiger partial charge on any atom is 0.417 e. The van der Waals surface area contributed by atoms with Gasteiger partial charge in [0.25, 0.3) is 5.91 Å². The molecule has 9 heteroatoms. The van der Waals surface area contributed by atoms with Crippen LogP contribution in [0.2, 0.25) is 5.02 Å². The average Bonchev–Trinajstić information content (AvgIpc) is 2.40. The molecule has 0 aliphatic carbocycles. The summed E-state index contributed by atoms with van der Waals surface area (Å²) in [5, 5.41) is 1.79. The number of rotatable bonds is 2. The Morgan fingerprint density at radius 2 is 1.90 bits per heavy atom. The van der Waals surface area contributed by atoms with E-state index in [0.29, 0.717) is 12.3 Å². The van der Waals surface area contributed by atoms with Crippen molar-refractivity contribution in [3.05, 3.63) is 52.7 Å². The number of pyridine rings is 2. The van der Waals surface area contributed by atoms with E-state index in [1.807, 2.05) is 0 Å². The molecule has 0 spiro atoms. The molecule has 0 aliphatic heterocycles. The number of hydrogen-bond donors (Lipinski definition) is 1. The molecule has 0 radical (unpaired) electrons. The standard InChI is InChI=1S/C12H6ClF4N3O/c13-8-3-6(12(15,16)17)4-19-10(8)11(21)20-9-2-1-7(14)5-18-9/h1-5H,(H,18,20,21). The highest BCUT2D eigenvalue weighted by Gasteiger charge is 2.32. The van der Waals surface area contributed by atoms with Gasteiger partial charge in [-0.25, -0.2) is 14.4 Å². The predicted octanol–water partition coefficient (Wildman–Crippen LogP) is 3.54. The molecule has 2 aromatic heterocycles. The van der Waals surface area contributed by atoms with E-state index in [0.717, 1.165) is 12.3 Å². The number of hydrogen-bond acceptors (Lipinski definition) is 3. The number of aromatic nitrogens is 2. The van der Waals surface area contributed by atoms with Crippen LogP contribution < -0.4 is 5.32 Å². The van der Waals surface area contributed by atoms with Crippen molar-refractivity contribution in [2.45, 2.75) is 6.18 Å². The lowest BCUT2D eigenvalue weighted by Crippen LogP contribution is -2.16. The van der Waals surface area contributed by atoms with E-state index in [9.17, 15) is 22.4 Å². The Bertz CT molecular complexity index is 673. The highest BCUT2D eigenvalue weighted by molar-refractivity contribution is 6.34. The van der Waals surface area contributed by atoms with Crippen molar-refractivity contribution in [2.24, 2.45) is 0 Å². The van der Waals surface area contributed by atoms with Gasteiger partial charge in [-0.05, 0) is 18.2 Å². The summed E-state index contributed by atoms with van der Waals surface area (Å²) in [7, 11) is 0. The van der Waals surface area contributed by atoms with Gasteiger partial charge < -0.3 is 5.32 Å². The Morgan fingerprint density at radius 1 is 1.19 bits per heavy atom. The van der Waals surface area contributed by atoms with Gasteiger partial charge in [0.2, 0.25) is 0 Å². The van der Waals surface area contributed by atoms with Gasteiger partial charge >= 0.3 is 6.18 Å². The number of amides is 1. The van der Waals surface area contributed by atoms with Crippen LogP contribution in [0.1, 0.15) is 16.1 Å². The smallest absolute Gasteiger partial charge is 0.305 e. The van der Waals surface area contributed by atoms with E-state index in [4.69, 9.17) is 11.6 Å². The maximum atomic E-state index is 12.7. The lowest BCUT2D eigenvalue weighted by atomic mass is 10.2. The molecule has 21 heavy (non-hydrogen) atoms. The summed E-state index contributed by atoms with van der Waals surface area (Å²) >= 11 is 5.62. The molecule has 4 nitrogen and oxygen atoms in total. The maximum absolute atomic E-state index is 12.7. The van der Waals surface area contributed by atoms with E-state index in [2.05, 4.69) is 15.3 Å². The van der Waals surface area contributed by atoms with E-state index < -0.39 is 34.2 Å². The predicted molar refractivity (Wildman–Crippen MR) is 66.4 cm³/mol. The van der Waals surface area contributed by atoms with Gasteiger partial charge in [0, 0.05) is 6.20 Å². The molecule has 0 aromatic carbocycles.